The number of nitrogens with zero attached hydrogens (tertiary/aromatic N) is 2. The maximum atomic E-state index is 4.06. The molecule has 0 radical (unpaired) electrons. The number of benzene rings is 2. The van der Waals surface area contributed by atoms with Gasteiger partial charge in [0.25, 0.3) is 0 Å². The summed E-state index contributed by atoms with van der Waals surface area (Å²) in [6, 6.07) is 20.8. The van der Waals surface area contributed by atoms with Crippen LogP contribution in [0, 0.1) is 0 Å². The van der Waals surface area contributed by atoms with E-state index in [-0.39, 0.29) is 6.04 Å². The van der Waals surface area contributed by atoms with Crippen LogP contribution in [-0.4, -0.2) is 10.2 Å². The van der Waals surface area contributed by atoms with Crippen LogP contribution < -0.4 is 5.32 Å². The van der Waals surface area contributed by atoms with E-state index in [0.29, 0.717) is 0 Å². The second-order valence-electron chi connectivity index (χ2n) is 4.14. The van der Waals surface area contributed by atoms with Gasteiger partial charge in [-0.25, -0.2) is 0 Å². The molecule has 3 rings (SSSR count). The highest BCUT2D eigenvalue weighted by Crippen LogP contribution is 2.26. The van der Waals surface area contributed by atoms with E-state index in [1.165, 1.54) is 22.5 Å². The molecule has 19 heavy (non-hydrogen) atoms. The molecule has 0 aliphatic rings. The normalized spacial score (nSPS) is 10.6. The van der Waals surface area contributed by atoms with Gasteiger partial charge in [0, 0.05) is 0 Å². The summed E-state index contributed by atoms with van der Waals surface area (Å²) in [4.78, 5) is 0. The van der Waals surface area contributed by atoms with E-state index in [0.717, 1.165) is 5.13 Å². The van der Waals surface area contributed by atoms with Crippen molar-refractivity contribution in [3.8, 4) is 0 Å². The van der Waals surface area contributed by atoms with Crippen molar-refractivity contribution in [3.05, 3.63) is 77.3 Å². The fraction of sp³-hybridized carbons (Fsp3) is 0.0667. The monoisotopic (exact) mass is 267 g/mol. The molecule has 0 aliphatic heterocycles. The largest absolute Gasteiger partial charge is 0.349 e. The molecule has 0 atom stereocenters. The lowest BCUT2D eigenvalue weighted by molar-refractivity contribution is 0.923. The molecule has 0 aliphatic carbocycles. The van der Waals surface area contributed by atoms with Crippen LogP contribution in [0.1, 0.15) is 17.2 Å². The molecule has 0 unspecified atom stereocenters. The summed E-state index contributed by atoms with van der Waals surface area (Å²) in [5.41, 5.74) is 4.16. The van der Waals surface area contributed by atoms with E-state index in [1.807, 2.05) is 36.4 Å². The molecule has 94 valence electrons. The standard InChI is InChI=1S/C15H13N3S/c1-3-7-12(8-4-1)14(13-9-5-2-6-10-13)17-15-18-16-11-19-15/h1-11,14H,(H,17,18). The van der Waals surface area contributed by atoms with Gasteiger partial charge in [-0.2, -0.15) is 0 Å². The molecule has 0 saturated carbocycles. The van der Waals surface area contributed by atoms with Crippen LogP contribution in [0.5, 0.6) is 0 Å². The average Bonchev–Trinajstić information content (AvgIpc) is 3.00. The van der Waals surface area contributed by atoms with Crippen molar-refractivity contribution in [1.29, 1.82) is 0 Å². The second kappa shape index (κ2) is 5.63. The quantitative estimate of drug-likeness (QED) is 0.782. The topological polar surface area (TPSA) is 37.8 Å². The van der Waals surface area contributed by atoms with Gasteiger partial charge in [-0.1, -0.05) is 72.0 Å². The van der Waals surface area contributed by atoms with Crippen molar-refractivity contribution in [2.75, 3.05) is 5.32 Å². The Morgan fingerprint density at radius 1 is 0.842 bits per heavy atom. The summed E-state index contributed by atoms with van der Waals surface area (Å²) in [6.45, 7) is 0. The third-order valence-electron chi connectivity index (χ3n) is 2.89. The minimum Gasteiger partial charge on any atom is -0.349 e. The molecule has 3 aromatic rings. The Morgan fingerprint density at radius 3 is 1.89 bits per heavy atom. The third kappa shape index (κ3) is 2.80. The van der Waals surface area contributed by atoms with Crippen molar-refractivity contribution >= 4 is 16.5 Å². The Hall–Kier alpha value is -2.20. The van der Waals surface area contributed by atoms with Gasteiger partial charge in [-0.15, -0.1) is 10.2 Å². The lowest BCUT2D eigenvalue weighted by atomic mass is 9.99. The summed E-state index contributed by atoms with van der Waals surface area (Å²) in [6.07, 6.45) is 0. The van der Waals surface area contributed by atoms with E-state index in [9.17, 15) is 0 Å². The second-order valence-corrected chi connectivity index (χ2v) is 4.98. The number of hydrogen-bond acceptors (Lipinski definition) is 4. The van der Waals surface area contributed by atoms with Crippen LogP contribution in [0.15, 0.2) is 66.2 Å². The highest BCUT2D eigenvalue weighted by Gasteiger charge is 2.14. The number of nitrogens with one attached hydrogen (secondary N) is 1. The summed E-state index contributed by atoms with van der Waals surface area (Å²) in [5, 5.41) is 12.2. The summed E-state index contributed by atoms with van der Waals surface area (Å²) >= 11 is 1.51. The van der Waals surface area contributed by atoms with Crippen molar-refractivity contribution in [3.63, 3.8) is 0 Å². The Morgan fingerprint density at radius 2 is 1.42 bits per heavy atom. The molecular weight excluding hydrogens is 254 g/mol. The predicted molar refractivity (Wildman–Crippen MR) is 78.3 cm³/mol. The molecule has 0 spiro atoms. The van der Waals surface area contributed by atoms with Gasteiger partial charge in [-0.3, -0.25) is 0 Å². The zero-order valence-electron chi connectivity index (χ0n) is 10.2. The van der Waals surface area contributed by atoms with Gasteiger partial charge in [0.05, 0.1) is 6.04 Å². The SMILES string of the molecule is c1ccc(C(Nc2nncs2)c2ccccc2)cc1. The maximum Gasteiger partial charge on any atom is 0.206 e. The lowest BCUT2D eigenvalue weighted by Gasteiger charge is -2.18. The zero-order chi connectivity index (χ0) is 12.9. The Kier molecular flexibility index (Phi) is 3.51. The Bertz CT molecular complexity index is 569. The first-order chi connectivity index (χ1) is 9.43. The zero-order valence-corrected chi connectivity index (χ0v) is 11.0. The molecule has 0 amide bonds. The molecular formula is C15H13N3S. The first kappa shape index (κ1) is 11.9. The van der Waals surface area contributed by atoms with Crippen LogP contribution in [0.4, 0.5) is 5.13 Å². The molecule has 2 aromatic carbocycles. The number of rotatable bonds is 4. The molecule has 4 heteroatoms. The van der Waals surface area contributed by atoms with Crippen molar-refractivity contribution in [1.82, 2.24) is 10.2 Å². The molecule has 0 saturated heterocycles. The first-order valence-electron chi connectivity index (χ1n) is 6.06. The van der Waals surface area contributed by atoms with Gasteiger partial charge in [0.15, 0.2) is 0 Å². The summed E-state index contributed by atoms with van der Waals surface area (Å²) in [5.74, 6) is 0. The van der Waals surface area contributed by atoms with E-state index < -0.39 is 0 Å². The minimum atomic E-state index is 0.0929. The van der Waals surface area contributed by atoms with Gasteiger partial charge >= 0.3 is 0 Å². The van der Waals surface area contributed by atoms with Crippen molar-refractivity contribution in [2.45, 2.75) is 6.04 Å². The number of anilines is 1. The highest BCUT2D eigenvalue weighted by molar-refractivity contribution is 7.13. The fourth-order valence-electron chi connectivity index (χ4n) is 2.01. The Balaban J connectivity index is 1.96. The van der Waals surface area contributed by atoms with Gasteiger partial charge < -0.3 is 5.32 Å². The summed E-state index contributed by atoms with van der Waals surface area (Å²) < 4.78 is 0. The first-order valence-corrected chi connectivity index (χ1v) is 6.94. The third-order valence-corrected chi connectivity index (χ3v) is 3.52. The van der Waals surface area contributed by atoms with Crippen molar-refractivity contribution < 1.29 is 0 Å². The van der Waals surface area contributed by atoms with E-state index >= 15 is 0 Å². The molecule has 0 bridgehead atoms. The molecule has 1 heterocycles. The highest BCUT2D eigenvalue weighted by atomic mass is 32.1. The van der Waals surface area contributed by atoms with E-state index in [1.54, 1.807) is 5.51 Å². The van der Waals surface area contributed by atoms with E-state index in [4.69, 9.17) is 0 Å². The van der Waals surface area contributed by atoms with Crippen LogP contribution in [0.25, 0.3) is 0 Å². The molecule has 1 aromatic heterocycles. The van der Waals surface area contributed by atoms with Gasteiger partial charge in [0.1, 0.15) is 5.51 Å². The molecule has 3 nitrogen and oxygen atoms in total. The number of hydrogen-bond donors (Lipinski definition) is 1. The fourth-order valence-corrected chi connectivity index (χ4v) is 2.48. The van der Waals surface area contributed by atoms with Gasteiger partial charge in [-0.05, 0) is 11.1 Å². The molecule has 0 fully saturated rings. The van der Waals surface area contributed by atoms with Crippen LogP contribution in [-0.2, 0) is 0 Å². The van der Waals surface area contributed by atoms with Gasteiger partial charge in [0.2, 0.25) is 5.13 Å². The van der Waals surface area contributed by atoms with Crippen LogP contribution in [0.2, 0.25) is 0 Å². The van der Waals surface area contributed by atoms with Crippen molar-refractivity contribution in [2.24, 2.45) is 0 Å². The average molecular weight is 267 g/mol. The molecule has 1 N–H and O–H groups in total. The van der Waals surface area contributed by atoms with Crippen LogP contribution >= 0.6 is 11.3 Å². The van der Waals surface area contributed by atoms with E-state index in [2.05, 4.69) is 39.8 Å². The predicted octanol–water partition coefficient (Wildman–Crippen LogP) is 3.74. The summed E-state index contributed by atoms with van der Waals surface area (Å²) in [7, 11) is 0. The minimum absolute atomic E-state index is 0.0929. The maximum absolute atomic E-state index is 4.06. The Labute approximate surface area is 116 Å². The number of aromatic nitrogens is 2. The lowest BCUT2D eigenvalue weighted by Crippen LogP contribution is -2.12. The van der Waals surface area contributed by atoms with Crippen LogP contribution in [0.3, 0.4) is 0 Å². The smallest absolute Gasteiger partial charge is 0.206 e.